The largest absolute Gasteiger partial charge is 0.481 e. The molecule has 1 atom stereocenters. The molecule has 1 heterocycles. The van der Waals surface area contributed by atoms with Gasteiger partial charge in [-0.1, -0.05) is 0 Å². The van der Waals surface area contributed by atoms with Gasteiger partial charge in [-0.25, -0.2) is 0 Å². The van der Waals surface area contributed by atoms with Crippen molar-refractivity contribution < 1.29 is 15.0 Å². The van der Waals surface area contributed by atoms with Gasteiger partial charge in [0.2, 0.25) is 0 Å². The lowest BCUT2D eigenvalue weighted by Crippen LogP contribution is -2.36. The van der Waals surface area contributed by atoms with E-state index in [0.717, 1.165) is 0 Å². The summed E-state index contributed by atoms with van der Waals surface area (Å²) in [6.45, 7) is 0.807. The molecule has 0 aromatic carbocycles. The van der Waals surface area contributed by atoms with Crippen molar-refractivity contribution in [1.29, 1.82) is 0 Å². The fraction of sp³-hybridized carbons (Fsp3) is 0.833. The molecule has 5 heteroatoms. The third-order valence-corrected chi connectivity index (χ3v) is 2.00. The summed E-state index contributed by atoms with van der Waals surface area (Å²) in [5.74, 6) is -0.903. The maximum atomic E-state index is 10.6. The number of nitrogens with one attached hydrogen (secondary N) is 1. The van der Waals surface area contributed by atoms with E-state index in [0.29, 0.717) is 19.5 Å². The smallest absolute Gasteiger partial charge is 0.313 e. The van der Waals surface area contributed by atoms with E-state index in [1.54, 1.807) is 0 Å². The van der Waals surface area contributed by atoms with E-state index in [1.807, 2.05) is 0 Å². The van der Waals surface area contributed by atoms with Crippen molar-refractivity contribution in [3.05, 3.63) is 0 Å². The maximum absolute atomic E-state index is 10.6. The number of carboxylic acid groups (broad SMARTS) is 1. The topological polar surface area (TPSA) is 69.6 Å². The Morgan fingerprint density at radius 2 is 2.27 bits per heavy atom. The molecule has 0 aliphatic carbocycles. The molecule has 66 valence electrons. The average molecular weight is 182 g/mol. The predicted octanol–water partition coefficient (Wildman–Crippen LogP) is -0.535. The van der Waals surface area contributed by atoms with Gasteiger partial charge in [-0.05, 0) is 13.0 Å². The molecule has 1 rings (SSSR count). The van der Waals surface area contributed by atoms with Crippen molar-refractivity contribution in [2.75, 3.05) is 19.7 Å². The zero-order valence-electron chi connectivity index (χ0n) is 6.04. The van der Waals surface area contributed by atoms with Gasteiger partial charge in [0.1, 0.15) is 5.41 Å². The molecule has 0 aromatic rings. The molecular formula is C6H12ClNO3. The second-order valence-electron chi connectivity index (χ2n) is 2.67. The minimum Gasteiger partial charge on any atom is -0.481 e. The van der Waals surface area contributed by atoms with E-state index in [1.165, 1.54) is 0 Å². The van der Waals surface area contributed by atoms with Gasteiger partial charge in [0.05, 0.1) is 6.61 Å². The molecule has 1 saturated heterocycles. The minimum atomic E-state index is -0.903. The second-order valence-corrected chi connectivity index (χ2v) is 2.67. The van der Waals surface area contributed by atoms with Gasteiger partial charge in [-0.15, -0.1) is 12.4 Å². The average Bonchev–Trinajstić information content (AvgIpc) is 2.35. The lowest BCUT2D eigenvalue weighted by molar-refractivity contribution is -0.150. The zero-order valence-corrected chi connectivity index (χ0v) is 6.86. The van der Waals surface area contributed by atoms with Crippen LogP contribution in [-0.4, -0.2) is 35.9 Å². The van der Waals surface area contributed by atoms with E-state index in [9.17, 15) is 4.79 Å². The number of halogens is 1. The van der Waals surface area contributed by atoms with Crippen LogP contribution in [0.1, 0.15) is 6.42 Å². The lowest BCUT2D eigenvalue weighted by atomic mass is 9.89. The Kier molecular flexibility index (Phi) is 3.78. The van der Waals surface area contributed by atoms with Gasteiger partial charge in [-0.2, -0.15) is 0 Å². The van der Waals surface area contributed by atoms with E-state index in [-0.39, 0.29) is 19.0 Å². The molecule has 3 N–H and O–H groups in total. The number of carboxylic acids is 1. The Labute approximate surface area is 71.0 Å². The third-order valence-electron chi connectivity index (χ3n) is 2.00. The monoisotopic (exact) mass is 181 g/mol. The van der Waals surface area contributed by atoms with Crippen LogP contribution in [-0.2, 0) is 4.79 Å². The Balaban J connectivity index is 0.000001000. The first kappa shape index (κ1) is 10.7. The Hall–Kier alpha value is -0.320. The highest BCUT2D eigenvalue weighted by molar-refractivity contribution is 5.85. The van der Waals surface area contributed by atoms with Crippen molar-refractivity contribution in [2.45, 2.75) is 6.42 Å². The van der Waals surface area contributed by atoms with Crippen LogP contribution in [0.5, 0.6) is 0 Å². The van der Waals surface area contributed by atoms with Crippen molar-refractivity contribution in [3.63, 3.8) is 0 Å². The van der Waals surface area contributed by atoms with Gasteiger partial charge < -0.3 is 15.5 Å². The summed E-state index contributed by atoms with van der Waals surface area (Å²) in [5.41, 5.74) is -0.903. The van der Waals surface area contributed by atoms with Crippen LogP contribution in [0.25, 0.3) is 0 Å². The third kappa shape index (κ3) is 1.83. The zero-order chi connectivity index (χ0) is 7.61. The van der Waals surface area contributed by atoms with Crippen molar-refractivity contribution in [2.24, 2.45) is 5.41 Å². The summed E-state index contributed by atoms with van der Waals surface area (Å²) >= 11 is 0. The van der Waals surface area contributed by atoms with Crippen LogP contribution in [0.4, 0.5) is 0 Å². The molecule has 1 aliphatic heterocycles. The van der Waals surface area contributed by atoms with Gasteiger partial charge in [0.25, 0.3) is 0 Å². The van der Waals surface area contributed by atoms with E-state index < -0.39 is 11.4 Å². The number of aliphatic hydroxyl groups is 1. The molecule has 0 spiro atoms. The van der Waals surface area contributed by atoms with Gasteiger partial charge in [0.15, 0.2) is 0 Å². The van der Waals surface area contributed by atoms with Crippen molar-refractivity contribution in [3.8, 4) is 0 Å². The molecule has 4 nitrogen and oxygen atoms in total. The summed E-state index contributed by atoms with van der Waals surface area (Å²) in [6, 6.07) is 0. The minimum absolute atomic E-state index is 0. The molecular weight excluding hydrogens is 170 g/mol. The van der Waals surface area contributed by atoms with Gasteiger partial charge in [-0.3, -0.25) is 4.79 Å². The van der Waals surface area contributed by atoms with E-state index in [2.05, 4.69) is 5.32 Å². The number of aliphatic carboxylic acids is 1. The molecule has 1 unspecified atom stereocenters. The summed E-state index contributed by atoms with van der Waals surface area (Å²) in [6.07, 6.45) is 0.527. The molecule has 0 amide bonds. The number of hydrogen-bond donors (Lipinski definition) is 3. The molecule has 11 heavy (non-hydrogen) atoms. The quantitative estimate of drug-likeness (QED) is 0.536. The summed E-state index contributed by atoms with van der Waals surface area (Å²) in [5, 5.41) is 20.3. The SMILES string of the molecule is Cl.O=C(O)C1(CO)CCNC1. The predicted molar refractivity (Wildman–Crippen MR) is 41.9 cm³/mol. The van der Waals surface area contributed by atoms with Crippen LogP contribution in [0, 0.1) is 5.41 Å². The van der Waals surface area contributed by atoms with Crippen molar-refractivity contribution in [1.82, 2.24) is 5.32 Å². The van der Waals surface area contributed by atoms with Crippen LogP contribution in [0.2, 0.25) is 0 Å². The van der Waals surface area contributed by atoms with Crippen LogP contribution in [0.15, 0.2) is 0 Å². The first-order chi connectivity index (χ1) is 4.71. The fourth-order valence-corrected chi connectivity index (χ4v) is 1.13. The lowest BCUT2D eigenvalue weighted by Gasteiger charge is -2.18. The second kappa shape index (κ2) is 3.90. The van der Waals surface area contributed by atoms with Crippen molar-refractivity contribution >= 4 is 18.4 Å². The number of hydrogen-bond acceptors (Lipinski definition) is 3. The maximum Gasteiger partial charge on any atom is 0.313 e. The fourth-order valence-electron chi connectivity index (χ4n) is 1.13. The molecule has 0 saturated carbocycles. The number of rotatable bonds is 2. The highest BCUT2D eigenvalue weighted by Gasteiger charge is 2.40. The molecule has 1 fully saturated rings. The molecule has 1 aliphatic rings. The molecule has 0 radical (unpaired) electrons. The highest BCUT2D eigenvalue weighted by Crippen LogP contribution is 2.24. The molecule has 0 bridgehead atoms. The highest BCUT2D eigenvalue weighted by atomic mass is 35.5. The Bertz CT molecular complexity index is 145. The summed E-state index contributed by atoms with van der Waals surface area (Å²) in [4.78, 5) is 10.6. The van der Waals surface area contributed by atoms with Crippen LogP contribution >= 0.6 is 12.4 Å². The Morgan fingerprint density at radius 3 is 2.45 bits per heavy atom. The summed E-state index contributed by atoms with van der Waals surface area (Å²) in [7, 11) is 0. The number of aliphatic hydroxyl groups excluding tert-OH is 1. The van der Waals surface area contributed by atoms with Gasteiger partial charge in [0, 0.05) is 6.54 Å². The van der Waals surface area contributed by atoms with Crippen LogP contribution in [0.3, 0.4) is 0 Å². The van der Waals surface area contributed by atoms with E-state index in [4.69, 9.17) is 10.2 Å². The number of carbonyl (C=O) groups is 1. The summed E-state index contributed by atoms with van der Waals surface area (Å²) < 4.78 is 0. The van der Waals surface area contributed by atoms with Crippen LogP contribution < -0.4 is 5.32 Å². The standard InChI is InChI=1S/C6H11NO3.ClH/c8-4-6(5(9)10)1-2-7-3-6;/h7-8H,1-4H2,(H,9,10);1H. The first-order valence-corrected chi connectivity index (χ1v) is 3.26. The first-order valence-electron chi connectivity index (χ1n) is 3.26. The Morgan fingerprint density at radius 1 is 1.64 bits per heavy atom. The van der Waals surface area contributed by atoms with Gasteiger partial charge >= 0.3 is 5.97 Å². The molecule has 0 aromatic heterocycles. The normalized spacial score (nSPS) is 29.5. The van der Waals surface area contributed by atoms with E-state index >= 15 is 0 Å².